The van der Waals surface area contributed by atoms with E-state index >= 15 is 0 Å². The van der Waals surface area contributed by atoms with Gasteiger partial charge in [0.2, 0.25) is 5.95 Å². The number of aromatic nitrogens is 2. The fourth-order valence-corrected chi connectivity index (χ4v) is 4.84. The highest BCUT2D eigenvalue weighted by Crippen LogP contribution is 2.41. The summed E-state index contributed by atoms with van der Waals surface area (Å²) in [7, 11) is 0. The van der Waals surface area contributed by atoms with Crippen LogP contribution in [0.25, 0.3) is 11.3 Å². The molecule has 0 aliphatic heterocycles. The van der Waals surface area contributed by atoms with Gasteiger partial charge in [0.25, 0.3) is 0 Å². The Hall–Kier alpha value is -3.50. The van der Waals surface area contributed by atoms with Gasteiger partial charge >= 0.3 is 0 Å². The smallest absolute Gasteiger partial charge is 0.227 e. The van der Waals surface area contributed by atoms with Gasteiger partial charge in [-0.3, -0.25) is 0 Å². The molecule has 1 aliphatic rings. The molecular formula is C31H34N4. The molecule has 178 valence electrons. The predicted molar refractivity (Wildman–Crippen MR) is 145 cm³/mol. The zero-order valence-corrected chi connectivity index (χ0v) is 20.7. The van der Waals surface area contributed by atoms with Crippen LogP contribution in [0.2, 0.25) is 0 Å². The fourth-order valence-electron chi connectivity index (χ4n) is 4.84. The molecule has 5 rings (SSSR count). The molecule has 0 saturated carbocycles. The predicted octanol–water partition coefficient (Wildman–Crippen LogP) is 6.82. The van der Waals surface area contributed by atoms with E-state index in [9.17, 15) is 0 Å². The highest BCUT2D eigenvalue weighted by atomic mass is 15.1. The number of rotatable bonds is 9. The molecule has 0 spiro atoms. The summed E-state index contributed by atoms with van der Waals surface area (Å²) < 4.78 is 0. The van der Waals surface area contributed by atoms with Crippen LogP contribution < -0.4 is 10.6 Å². The van der Waals surface area contributed by atoms with Gasteiger partial charge in [-0.2, -0.15) is 0 Å². The van der Waals surface area contributed by atoms with Gasteiger partial charge in [-0.05, 0) is 73.7 Å². The minimum Gasteiger partial charge on any atom is -0.324 e. The minimum absolute atomic E-state index is 0.325. The number of hydrogen-bond donors (Lipinski definition) is 2. The van der Waals surface area contributed by atoms with Gasteiger partial charge < -0.3 is 10.6 Å². The average molecular weight is 463 g/mol. The first-order valence-corrected chi connectivity index (χ1v) is 12.8. The third kappa shape index (κ3) is 5.44. The molecule has 35 heavy (non-hydrogen) atoms. The molecule has 0 radical (unpaired) electrons. The third-order valence-corrected chi connectivity index (χ3v) is 6.87. The minimum atomic E-state index is 0.325. The van der Waals surface area contributed by atoms with Crippen molar-refractivity contribution >= 4 is 11.6 Å². The summed E-state index contributed by atoms with van der Waals surface area (Å²) in [6.45, 7) is 6.47. The van der Waals surface area contributed by atoms with Crippen LogP contribution in [0.3, 0.4) is 0 Å². The van der Waals surface area contributed by atoms with Crippen LogP contribution in [0.5, 0.6) is 0 Å². The maximum Gasteiger partial charge on any atom is 0.227 e. The summed E-state index contributed by atoms with van der Waals surface area (Å²) in [5.74, 6) is 0.965. The molecule has 1 aromatic heterocycles. The monoisotopic (exact) mass is 462 g/mol. The summed E-state index contributed by atoms with van der Waals surface area (Å²) in [5.41, 5.74) is 9.75. The van der Waals surface area contributed by atoms with E-state index in [-0.39, 0.29) is 0 Å². The summed E-state index contributed by atoms with van der Waals surface area (Å²) >= 11 is 0. The van der Waals surface area contributed by atoms with Crippen LogP contribution in [0.15, 0.2) is 79.0 Å². The molecule has 4 heteroatoms. The van der Waals surface area contributed by atoms with Crippen LogP contribution in [0, 0.1) is 6.92 Å². The second-order valence-corrected chi connectivity index (χ2v) is 9.50. The SMILES string of the molecule is CCCCNCCc1ccc(Nc2ncc3c(n2)-c2ccccc2C(c2ccc(C)cc2)C3)cc1. The summed E-state index contributed by atoms with van der Waals surface area (Å²) in [6, 6.07) is 26.2. The standard InChI is InChI=1S/C31H34N4/c1-3-4-18-32-19-17-23-11-15-26(16-12-23)34-31-33-21-25-20-29(24-13-9-22(2)10-14-24)27-7-5-6-8-28(27)30(25)35-31/h5-16,21,29,32H,3-4,17-20H2,1-2H3,(H,33,34,35). The lowest BCUT2D eigenvalue weighted by Gasteiger charge is -2.27. The lowest BCUT2D eigenvalue weighted by molar-refractivity contribution is 0.640. The van der Waals surface area contributed by atoms with E-state index in [1.165, 1.54) is 46.2 Å². The van der Waals surface area contributed by atoms with Gasteiger partial charge in [0, 0.05) is 23.4 Å². The van der Waals surface area contributed by atoms with E-state index in [0.29, 0.717) is 11.9 Å². The first-order chi connectivity index (χ1) is 17.2. The Morgan fingerprint density at radius 1 is 0.914 bits per heavy atom. The zero-order chi connectivity index (χ0) is 24.0. The summed E-state index contributed by atoms with van der Waals surface area (Å²) in [4.78, 5) is 9.63. The molecule has 0 fully saturated rings. The van der Waals surface area contributed by atoms with Gasteiger partial charge in [-0.1, -0.05) is 79.6 Å². The lowest BCUT2D eigenvalue weighted by Crippen LogP contribution is -2.18. The van der Waals surface area contributed by atoms with Gasteiger partial charge in [0.1, 0.15) is 0 Å². The topological polar surface area (TPSA) is 49.8 Å². The second-order valence-electron chi connectivity index (χ2n) is 9.50. The van der Waals surface area contributed by atoms with Gasteiger partial charge in [0.05, 0.1) is 5.69 Å². The van der Waals surface area contributed by atoms with Crippen molar-refractivity contribution in [1.82, 2.24) is 15.3 Å². The molecule has 1 aliphatic carbocycles. The van der Waals surface area contributed by atoms with Gasteiger partial charge in [-0.15, -0.1) is 0 Å². The number of fused-ring (bicyclic) bond motifs is 3. The Balaban J connectivity index is 1.32. The quantitative estimate of drug-likeness (QED) is 0.268. The normalized spacial score (nSPS) is 14.3. The third-order valence-electron chi connectivity index (χ3n) is 6.87. The molecule has 3 aromatic carbocycles. The van der Waals surface area contributed by atoms with Crippen molar-refractivity contribution in [2.24, 2.45) is 0 Å². The van der Waals surface area contributed by atoms with Crippen LogP contribution >= 0.6 is 0 Å². The second kappa shape index (κ2) is 10.8. The lowest BCUT2D eigenvalue weighted by atomic mass is 9.78. The Bertz CT molecular complexity index is 1260. The number of unbranched alkanes of at least 4 members (excludes halogenated alkanes) is 1. The molecule has 0 amide bonds. The van der Waals surface area contributed by atoms with E-state index in [1.54, 1.807) is 0 Å². The Kier molecular flexibility index (Phi) is 7.20. The van der Waals surface area contributed by atoms with E-state index < -0.39 is 0 Å². The molecule has 0 bridgehead atoms. The van der Waals surface area contributed by atoms with E-state index in [0.717, 1.165) is 37.3 Å². The van der Waals surface area contributed by atoms with Gasteiger partial charge in [0.15, 0.2) is 0 Å². The van der Waals surface area contributed by atoms with Crippen molar-refractivity contribution in [1.29, 1.82) is 0 Å². The number of nitrogens with one attached hydrogen (secondary N) is 2. The van der Waals surface area contributed by atoms with Crippen molar-refractivity contribution in [3.8, 4) is 11.3 Å². The maximum absolute atomic E-state index is 4.96. The molecule has 4 aromatic rings. The van der Waals surface area contributed by atoms with Crippen molar-refractivity contribution in [2.75, 3.05) is 18.4 Å². The number of nitrogens with zero attached hydrogens (tertiary/aromatic N) is 2. The number of benzene rings is 3. The molecule has 2 N–H and O–H groups in total. The molecule has 0 saturated heterocycles. The Labute approximate surface area is 208 Å². The van der Waals surface area contributed by atoms with Crippen LogP contribution in [0.4, 0.5) is 11.6 Å². The molecule has 1 unspecified atom stereocenters. The van der Waals surface area contributed by atoms with Crippen molar-refractivity contribution in [3.05, 3.63) is 107 Å². The van der Waals surface area contributed by atoms with Crippen molar-refractivity contribution < 1.29 is 0 Å². The zero-order valence-electron chi connectivity index (χ0n) is 20.7. The molecule has 4 nitrogen and oxygen atoms in total. The maximum atomic E-state index is 4.96. The molecular weight excluding hydrogens is 428 g/mol. The Morgan fingerprint density at radius 2 is 1.71 bits per heavy atom. The fraction of sp³-hybridized carbons (Fsp3) is 0.290. The summed E-state index contributed by atoms with van der Waals surface area (Å²) in [6.07, 6.45) is 6.42. The average Bonchev–Trinajstić information content (AvgIpc) is 2.90. The van der Waals surface area contributed by atoms with Crippen molar-refractivity contribution in [2.45, 2.75) is 45.4 Å². The van der Waals surface area contributed by atoms with Gasteiger partial charge in [-0.25, -0.2) is 9.97 Å². The van der Waals surface area contributed by atoms with Crippen LogP contribution in [-0.2, 0) is 12.8 Å². The Morgan fingerprint density at radius 3 is 2.51 bits per heavy atom. The van der Waals surface area contributed by atoms with Crippen molar-refractivity contribution in [3.63, 3.8) is 0 Å². The van der Waals surface area contributed by atoms with E-state index in [2.05, 4.69) is 102 Å². The van der Waals surface area contributed by atoms with E-state index in [1.807, 2.05) is 6.20 Å². The molecule has 1 heterocycles. The highest BCUT2D eigenvalue weighted by Gasteiger charge is 2.27. The summed E-state index contributed by atoms with van der Waals surface area (Å²) in [5, 5.41) is 6.91. The number of hydrogen-bond acceptors (Lipinski definition) is 4. The number of aryl methyl sites for hydroxylation is 1. The highest BCUT2D eigenvalue weighted by molar-refractivity contribution is 5.73. The first kappa shape index (κ1) is 23.3. The van der Waals surface area contributed by atoms with Crippen LogP contribution in [0.1, 0.15) is 53.5 Å². The molecule has 1 atom stereocenters. The van der Waals surface area contributed by atoms with Crippen LogP contribution in [-0.4, -0.2) is 23.1 Å². The first-order valence-electron chi connectivity index (χ1n) is 12.8. The number of anilines is 2. The van der Waals surface area contributed by atoms with E-state index in [4.69, 9.17) is 4.98 Å². The largest absolute Gasteiger partial charge is 0.324 e.